The third-order valence-electron chi connectivity index (χ3n) is 4.21. The lowest BCUT2D eigenvalue weighted by atomic mass is 10.0. The Bertz CT molecular complexity index is 976. The summed E-state index contributed by atoms with van der Waals surface area (Å²) in [5.74, 6) is -1.45. The number of aliphatic carboxylic acids is 1. The molecule has 4 rings (SSSR count). The summed E-state index contributed by atoms with van der Waals surface area (Å²) in [6.07, 6.45) is 5.05. The van der Waals surface area contributed by atoms with Gasteiger partial charge in [-0.2, -0.15) is 5.10 Å². The molecule has 3 aromatic rings. The third-order valence-corrected chi connectivity index (χ3v) is 4.21. The molecule has 1 N–H and O–H groups in total. The largest absolute Gasteiger partial charge is 0.476 e. The quantitative estimate of drug-likeness (QED) is 0.560. The van der Waals surface area contributed by atoms with E-state index >= 15 is 0 Å². The number of fused-ring (bicyclic) bond motifs is 1. The van der Waals surface area contributed by atoms with E-state index in [0.29, 0.717) is 5.56 Å². The van der Waals surface area contributed by atoms with Crippen molar-refractivity contribution in [1.82, 2.24) is 14.6 Å². The zero-order valence-corrected chi connectivity index (χ0v) is 14.1. The summed E-state index contributed by atoms with van der Waals surface area (Å²) in [4.78, 5) is 24.5. The van der Waals surface area contributed by atoms with Gasteiger partial charge < -0.3 is 10.0 Å². The maximum Gasteiger partial charge on any atom is 0.368 e. The zero-order valence-electron chi connectivity index (χ0n) is 14.1. The van der Waals surface area contributed by atoms with E-state index in [1.54, 1.807) is 10.7 Å². The van der Waals surface area contributed by atoms with Crippen LogP contribution < -0.4 is 4.90 Å². The fraction of sp³-hybridized carbons (Fsp3) is 0.222. The van der Waals surface area contributed by atoms with Crippen LogP contribution in [-0.4, -0.2) is 38.5 Å². The summed E-state index contributed by atoms with van der Waals surface area (Å²) in [5.41, 5.74) is 1.13. The standard InChI is InChI=1S/C16H14F2N4.C2H2O3/c17-11-3-4-13(18)12(10-11)14-2-1-8-21(14)15-6-9-22-16(20-15)5-7-19-22;3-1-2(4)5/h3-7,9-10,14H,1-2,8H2;1H,(H,4,5). The first-order chi connectivity index (χ1) is 13.0. The van der Waals surface area contributed by atoms with Crippen LogP contribution in [0.1, 0.15) is 24.4 Å². The predicted molar refractivity (Wildman–Crippen MR) is 92.4 cm³/mol. The summed E-state index contributed by atoms with van der Waals surface area (Å²) in [6, 6.07) is 7.11. The SMILES string of the molecule is Fc1ccc(F)c(C2CCCN2c2ccn3nccc3n2)c1.O=CC(=O)O. The van der Waals surface area contributed by atoms with Crippen molar-refractivity contribution in [1.29, 1.82) is 0 Å². The van der Waals surface area contributed by atoms with Crippen molar-refractivity contribution in [2.75, 3.05) is 11.4 Å². The first-order valence-electron chi connectivity index (χ1n) is 8.19. The van der Waals surface area contributed by atoms with Crippen LogP contribution in [0.5, 0.6) is 0 Å². The fourth-order valence-corrected chi connectivity index (χ4v) is 3.10. The van der Waals surface area contributed by atoms with Crippen molar-refractivity contribution in [3.8, 4) is 0 Å². The molecule has 1 fully saturated rings. The van der Waals surface area contributed by atoms with Crippen LogP contribution in [0.25, 0.3) is 5.65 Å². The molecule has 0 saturated carbocycles. The number of hydrogen-bond acceptors (Lipinski definition) is 5. The van der Waals surface area contributed by atoms with Crippen LogP contribution >= 0.6 is 0 Å². The van der Waals surface area contributed by atoms with E-state index in [9.17, 15) is 8.78 Å². The Kier molecular flexibility index (Phi) is 5.39. The number of aromatic nitrogens is 3. The molecule has 1 unspecified atom stereocenters. The number of halogens is 2. The second-order valence-corrected chi connectivity index (χ2v) is 5.89. The second-order valence-electron chi connectivity index (χ2n) is 5.89. The van der Waals surface area contributed by atoms with Gasteiger partial charge in [0.1, 0.15) is 17.5 Å². The number of anilines is 1. The van der Waals surface area contributed by atoms with Crippen LogP contribution in [0, 0.1) is 11.6 Å². The number of nitrogens with zero attached hydrogens (tertiary/aromatic N) is 4. The molecule has 0 amide bonds. The summed E-state index contributed by atoms with van der Waals surface area (Å²) in [6.45, 7) is 0.776. The summed E-state index contributed by atoms with van der Waals surface area (Å²) >= 11 is 0. The van der Waals surface area contributed by atoms with Crippen molar-refractivity contribution in [3.63, 3.8) is 0 Å². The highest BCUT2D eigenvalue weighted by molar-refractivity contribution is 6.19. The highest BCUT2D eigenvalue weighted by Gasteiger charge is 2.29. The number of rotatable bonds is 3. The molecular formula is C18H16F2N4O3. The zero-order chi connectivity index (χ0) is 19.4. The molecule has 27 heavy (non-hydrogen) atoms. The maximum absolute atomic E-state index is 14.1. The maximum atomic E-state index is 14.1. The fourth-order valence-electron chi connectivity index (χ4n) is 3.10. The minimum Gasteiger partial charge on any atom is -0.476 e. The van der Waals surface area contributed by atoms with Gasteiger partial charge in [0.2, 0.25) is 6.29 Å². The van der Waals surface area contributed by atoms with E-state index in [0.717, 1.165) is 36.9 Å². The van der Waals surface area contributed by atoms with Crippen LogP contribution in [0.15, 0.2) is 42.7 Å². The van der Waals surface area contributed by atoms with E-state index in [-0.39, 0.29) is 18.1 Å². The molecule has 3 heterocycles. The Labute approximate surface area is 152 Å². The summed E-state index contributed by atoms with van der Waals surface area (Å²) in [5, 5.41) is 11.5. The summed E-state index contributed by atoms with van der Waals surface area (Å²) < 4.78 is 29.2. The molecule has 1 atom stereocenters. The molecule has 9 heteroatoms. The van der Waals surface area contributed by atoms with Gasteiger partial charge in [-0.25, -0.2) is 23.1 Å². The molecule has 1 aliphatic rings. The van der Waals surface area contributed by atoms with Gasteiger partial charge in [-0.3, -0.25) is 4.79 Å². The first-order valence-corrected chi connectivity index (χ1v) is 8.19. The molecule has 2 aromatic heterocycles. The van der Waals surface area contributed by atoms with Gasteiger partial charge in [-0.1, -0.05) is 0 Å². The molecule has 7 nitrogen and oxygen atoms in total. The molecule has 0 spiro atoms. The topological polar surface area (TPSA) is 87.8 Å². The molecule has 1 aromatic carbocycles. The molecular weight excluding hydrogens is 358 g/mol. The van der Waals surface area contributed by atoms with Crippen molar-refractivity contribution in [2.45, 2.75) is 18.9 Å². The van der Waals surface area contributed by atoms with E-state index in [2.05, 4.69) is 10.1 Å². The molecule has 0 bridgehead atoms. The van der Waals surface area contributed by atoms with Crippen molar-refractivity contribution in [3.05, 3.63) is 59.9 Å². The van der Waals surface area contributed by atoms with Crippen molar-refractivity contribution < 1.29 is 23.5 Å². The average molecular weight is 374 g/mol. The van der Waals surface area contributed by atoms with E-state index < -0.39 is 11.8 Å². The number of carbonyl (C=O) groups excluding carboxylic acids is 1. The Morgan fingerprint density at radius 1 is 1.26 bits per heavy atom. The molecule has 1 saturated heterocycles. The average Bonchev–Trinajstić information content (AvgIpc) is 3.32. The van der Waals surface area contributed by atoms with Gasteiger partial charge in [0.05, 0.1) is 12.2 Å². The van der Waals surface area contributed by atoms with Gasteiger partial charge in [-0.05, 0) is 37.1 Å². The first kappa shape index (κ1) is 18.4. The number of carboxylic acid groups (broad SMARTS) is 1. The minimum absolute atomic E-state index is 0.167. The van der Waals surface area contributed by atoms with E-state index in [1.807, 2.05) is 23.2 Å². The van der Waals surface area contributed by atoms with Gasteiger partial charge in [0.25, 0.3) is 0 Å². The molecule has 140 valence electrons. The second kappa shape index (κ2) is 7.90. The van der Waals surface area contributed by atoms with Crippen molar-refractivity contribution in [2.24, 2.45) is 0 Å². The smallest absolute Gasteiger partial charge is 0.368 e. The number of benzene rings is 1. The highest BCUT2D eigenvalue weighted by Crippen LogP contribution is 2.36. The Hall–Kier alpha value is -3.36. The van der Waals surface area contributed by atoms with Gasteiger partial charge >= 0.3 is 5.97 Å². The van der Waals surface area contributed by atoms with Crippen LogP contribution in [0.4, 0.5) is 14.6 Å². The minimum atomic E-state index is -1.43. The van der Waals surface area contributed by atoms with E-state index in [4.69, 9.17) is 14.7 Å². The van der Waals surface area contributed by atoms with Crippen LogP contribution in [0.2, 0.25) is 0 Å². The normalized spacial score (nSPS) is 16.1. The molecule has 0 aliphatic carbocycles. The van der Waals surface area contributed by atoms with Crippen LogP contribution in [0.3, 0.4) is 0 Å². The monoisotopic (exact) mass is 374 g/mol. The Morgan fingerprint density at radius 2 is 2.04 bits per heavy atom. The van der Waals surface area contributed by atoms with Crippen LogP contribution in [-0.2, 0) is 9.59 Å². The lowest BCUT2D eigenvalue weighted by molar-refractivity contribution is -0.143. The number of hydrogen-bond donors (Lipinski definition) is 1. The van der Waals surface area contributed by atoms with Gasteiger partial charge in [0.15, 0.2) is 5.65 Å². The van der Waals surface area contributed by atoms with Crippen molar-refractivity contribution >= 4 is 23.7 Å². The van der Waals surface area contributed by atoms with Gasteiger partial charge in [-0.15, -0.1) is 0 Å². The highest BCUT2D eigenvalue weighted by atomic mass is 19.1. The Morgan fingerprint density at radius 3 is 2.78 bits per heavy atom. The molecule has 0 radical (unpaired) electrons. The lowest BCUT2D eigenvalue weighted by Gasteiger charge is -2.26. The predicted octanol–water partition coefficient (Wildman–Crippen LogP) is 2.62. The number of carboxylic acids is 1. The van der Waals surface area contributed by atoms with Gasteiger partial charge in [0, 0.05) is 24.4 Å². The summed E-state index contributed by atoms with van der Waals surface area (Å²) in [7, 11) is 0. The lowest BCUT2D eigenvalue weighted by Crippen LogP contribution is -2.24. The number of aldehydes is 1. The number of carbonyl (C=O) groups is 2. The third kappa shape index (κ3) is 4.08. The molecule has 1 aliphatic heterocycles. The Balaban J connectivity index is 0.000000376. The van der Waals surface area contributed by atoms with E-state index in [1.165, 1.54) is 12.1 Å².